The Labute approximate surface area is 90.8 Å². The molecule has 0 radical (unpaired) electrons. The van der Waals surface area contributed by atoms with Crippen LogP contribution in [0.1, 0.15) is 0 Å². The molecule has 7 heteroatoms. The number of hydrogen-bond acceptors (Lipinski definition) is 6. The zero-order valence-electron chi connectivity index (χ0n) is 8.28. The number of nitro groups is 1. The molecule has 7 nitrogen and oxygen atoms in total. The summed E-state index contributed by atoms with van der Waals surface area (Å²) in [6, 6.07) is 2.75. The van der Waals surface area contributed by atoms with E-state index in [1.165, 1.54) is 18.3 Å². The number of aliphatic hydroxyl groups is 1. The Morgan fingerprint density at radius 2 is 2.44 bits per heavy atom. The van der Waals surface area contributed by atoms with Gasteiger partial charge < -0.3 is 14.6 Å². The van der Waals surface area contributed by atoms with Crippen molar-refractivity contribution in [1.29, 1.82) is 0 Å². The third kappa shape index (κ3) is 2.10. The Hall–Kier alpha value is -1.73. The Morgan fingerprint density at radius 1 is 1.62 bits per heavy atom. The van der Waals surface area contributed by atoms with E-state index in [0.717, 1.165) is 0 Å². The molecule has 0 spiro atoms. The minimum atomic E-state index is -0.776. The monoisotopic (exact) mass is 226 g/mol. The number of ether oxygens (including phenoxy) is 2. The largest absolute Gasteiger partial charge is 0.464 e. The molecule has 2 rings (SSSR count). The van der Waals surface area contributed by atoms with Crippen molar-refractivity contribution in [2.45, 2.75) is 12.2 Å². The molecule has 0 saturated carbocycles. The fraction of sp³-hybridized carbons (Fsp3) is 0.444. The van der Waals surface area contributed by atoms with Gasteiger partial charge in [0.2, 0.25) is 0 Å². The van der Waals surface area contributed by atoms with Gasteiger partial charge in [0.25, 0.3) is 5.88 Å². The van der Waals surface area contributed by atoms with Gasteiger partial charge in [-0.2, -0.15) is 0 Å². The van der Waals surface area contributed by atoms with Crippen molar-refractivity contribution < 1.29 is 19.5 Å². The molecule has 0 bridgehead atoms. The lowest BCUT2D eigenvalue weighted by Crippen LogP contribution is -2.30. The maximum atomic E-state index is 10.7. The first-order valence-corrected chi connectivity index (χ1v) is 4.70. The molecule has 1 aromatic heterocycles. The first kappa shape index (κ1) is 10.8. The van der Waals surface area contributed by atoms with Crippen molar-refractivity contribution in [2.75, 3.05) is 13.2 Å². The molecule has 0 aromatic carbocycles. The number of aromatic nitrogens is 1. The molecule has 0 aliphatic carbocycles. The predicted molar refractivity (Wildman–Crippen MR) is 52.1 cm³/mol. The number of pyridine rings is 1. The molecule has 86 valence electrons. The smallest absolute Gasteiger partial charge is 0.330 e. The predicted octanol–water partition coefficient (Wildman–Crippen LogP) is 0.128. The summed E-state index contributed by atoms with van der Waals surface area (Å²) in [5.74, 6) is -0.0953. The van der Waals surface area contributed by atoms with Gasteiger partial charge in [-0.05, 0) is 6.07 Å². The number of rotatable bonds is 3. The maximum absolute atomic E-state index is 10.7. The highest BCUT2D eigenvalue weighted by Crippen LogP contribution is 2.25. The van der Waals surface area contributed by atoms with E-state index in [2.05, 4.69) is 4.98 Å². The van der Waals surface area contributed by atoms with Crippen molar-refractivity contribution in [3.63, 3.8) is 0 Å². The van der Waals surface area contributed by atoms with E-state index in [9.17, 15) is 15.2 Å². The molecule has 1 fully saturated rings. The van der Waals surface area contributed by atoms with Gasteiger partial charge in [-0.25, -0.2) is 4.98 Å². The molecular weight excluding hydrogens is 216 g/mol. The van der Waals surface area contributed by atoms with Gasteiger partial charge in [0.15, 0.2) is 6.10 Å². The van der Waals surface area contributed by atoms with Gasteiger partial charge in [0, 0.05) is 12.3 Å². The van der Waals surface area contributed by atoms with Crippen LogP contribution >= 0.6 is 0 Å². The lowest BCUT2D eigenvalue weighted by molar-refractivity contribution is -0.386. The molecule has 0 amide bonds. The molecule has 1 aliphatic rings. The average Bonchev–Trinajstić information content (AvgIpc) is 2.65. The number of aliphatic hydroxyl groups excluding tert-OH is 1. The van der Waals surface area contributed by atoms with Crippen LogP contribution in [-0.2, 0) is 4.74 Å². The van der Waals surface area contributed by atoms with Gasteiger partial charge >= 0.3 is 5.69 Å². The third-order valence-corrected chi connectivity index (χ3v) is 2.21. The van der Waals surface area contributed by atoms with Crippen LogP contribution in [0.2, 0.25) is 0 Å². The summed E-state index contributed by atoms with van der Waals surface area (Å²) in [5, 5.41) is 20.1. The van der Waals surface area contributed by atoms with Gasteiger partial charge in [-0.1, -0.05) is 0 Å². The zero-order valence-corrected chi connectivity index (χ0v) is 8.28. The van der Waals surface area contributed by atoms with E-state index >= 15 is 0 Å². The number of nitrogens with zero attached hydrogens (tertiary/aromatic N) is 2. The van der Waals surface area contributed by atoms with Crippen molar-refractivity contribution in [3.8, 4) is 5.88 Å². The summed E-state index contributed by atoms with van der Waals surface area (Å²) in [6.07, 6.45) is 0.0139. The summed E-state index contributed by atoms with van der Waals surface area (Å²) in [7, 11) is 0. The van der Waals surface area contributed by atoms with Crippen molar-refractivity contribution >= 4 is 5.69 Å². The van der Waals surface area contributed by atoms with Crippen LogP contribution < -0.4 is 4.74 Å². The topological polar surface area (TPSA) is 94.7 Å². The Kier molecular flexibility index (Phi) is 2.97. The van der Waals surface area contributed by atoms with Crippen molar-refractivity contribution in [1.82, 2.24) is 4.98 Å². The summed E-state index contributed by atoms with van der Waals surface area (Å²) >= 11 is 0. The fourth-order valence-corrected chi connectivity index (χ4v) is 1.39. The van der Waals surface area contributed by atoms with E-state index < -0.39 is 17.1 Å². The van der Waals surface area contributed by atoms with E-state index in [1.807, 2.05) is 0 Å². The van der Waals surface area contributed by atoms with E-state index in [-0.39, 0.29) is 24.8 Å². The SMILES string of the molecule is O=[N+]([O-])c1cccnc1O[C@H]1COC[C@H]1O. The average molecular weight is 226 g/mol. The van der Waals surface area contributed by atoms with Crippen molar-refractivity contribution in [2.24, 2.45) is 0 Å². The van der Waals surface area contributed by atoms with Gasteiger partial charge in [0.05, 0.1) is 18.1 Å². The van der Waals surface area contributed by atoms with E-state index in [0.29, 0.717) is 0 Å². The molecule has 16 heavy (non-hydrogen) atoms. The highest BCUT2D eigenvalue weighted by Gasteiger charge is 2.30. The number of hydrogen-bond donors (Lipinski definition) is 1. The minimum Gasteiger partial charge on any atom is -0.464 e. The normalized spacial score (nSPS) is 24.3. The molecule has 1 aliphatic heterocycles. The second-order valence-corrected chi connectivity index (χ2v) is 3.35. The Balaban J connectivity index is 2.17. The summed E-state index contributed by atoms with van der Waals surface area (Å²) < 4.78 is 10.2. The minimum absolute atomic E-state index is 0.0953. The van der Waals surface area contributed by atoms with Crippen LogP contribution in [0.5, 0.6) is 5.88 Å². The second kappa shape index (κ2) is 4.42. The third-order valence-electron chi connectivity index (χ3n) is 2.21. The Morgan fingerprint density at radius 3 is 3.06 bits per heavy atom. The van der Waals surface area contributed by atoms with Crippen LogP contribution in [0.3, 0.4) is 0 Å². The summed E-state index contributed by atoms with van der Waals surface area (Å²) in [5.41, 5.74) is -0.221. The molecule has 1 saturated heterocycles. The first-order chi connectivity index (χ1) is 7.68. The lowest BCUT2D eigenvalue weighted by Gasteiger charge is -2.13. The summed E-state index contributed by atoms with van der Waals surface area (Å²) in [6.45, 7) is 0.375. The van der Waals surface area contributed by atoms with Crippen LogP contribution in [0, 0.1) is 10.1 Å². The van der Waals surface area contributed by atoms with Crippen LogP contribution in [0.25, 0.3) is 0 Å². The summed E-state index contributed by atoms with van der Waals surface area (Å²) in [4.78, 5) is 13.9. The molecule has 2 atom stereocenters. The second-order valence-electron chi connectivity index (χ2n) is 3.35. The van der Waals surface area contributed by atoms with Gasteiger partial charge in [-0.3, -0.25) is 10.1 Å². The lowest BCUT2D eigenvalue weighted by atomic mass is 10.2. The fourth-order valence-electron chi connectivity index (χ4n) is 1.39. The first-order valence-electron chi connectivity index (χ1n) is 4.70. The maximum Gasteiger partial charge on any atom is 0.330 e. The molecule has 1 aromatic rings. The van der Waals surface area contributed by atoms with E-state index in [4.69, 9.17) is 9.47 Å². The quantitative estimate of drug-likeness (QED) is 0.581. The Bertz CT molecular complexity index is 397. The molecule has 1 N–H and O–H groups in total. The molecule has 2 heterocycles. The van der Waals surface area contributed by atoms with Crippen LogP contribution in [-0.4, -0.2) is 40.4 Å². The molecule has 0 unspecified atom stereocenters. The highest BCUT2D eigenvalue weighted by atomic mass is 16.6. The zero-order chi connectivity index (χ0) is 11.5. The standard InChI is InChI=1S/C9H10N2O5/c12-7-4-15-5-8(7)16-9-6(11(13)14)2-1-3-10-9/h1-3,7-8,12H,4-5H2/t7-,8+/m1/s1. The molecular formula is C9H10N2O5. The highest BCUT2D eigenvalue weighted by molar-refractivity contribution is 5.39. The van der Waals surface area contributed by atoms with Gasteiger partial charge in [-0.15, -0.1) is 0 Å². The van der Waals surface area contributed by atoms with Crippen LogP contribution in [0.4, 0.5) is 5.69 Å². The van der Waals surface area contributed by atoms with Crippen molar-refractivity contribution in [3.05, 3.63) is 28.4 Å². The van der Waals surface area contributed by atoms with Crippen LogP contribution in [0.15, 0.2) is 18.3 Å². The van der Waals surface area contributed by atoms with Gasteiger partial charge in [0.1, 0.15) is 6.10 Å². The van der Waals surface area contributed by atoms with E-state index in [1.54, 1.807) is 0 Å².